The van der Waals surface area contributed by atoms with E-state index in [2.05, 4.69) is 26.0 Å². The van der Waals surface area contributed by atoms with Gasteiger partial charge in [0, 0.05) is 0 Å². The van der Waals surface area contributed by atoms with Gasteiger partial charge in [0.1, 0.15) is 0 Å². The van der Waals surface area contributed by atoms with Crippen molar-refractivity contribution >= 4 is 0 Å². The fourth-order valence-corrected chi connectivity index (χ4v) is 3.11. The minimum absolute atomic E-state index is 0.257. The Morgan fingerprint density at radius 1 is 1.50 bits per heavy atom. The van der Waals surface area contributed by atoms with E-state index >= 15 is 0 Å². The van der Waals surface area contributed by atoms with Crippen LogP contribution in [-0.4, -0.2) is 0 Å². The summed E-state index contributed by atoms with van der Waals surface area (Å²) in [6.07, 6.45) is 4.82. The Kier molecular flexibility index (Phi) is 1.83. The van der Waals surface area contributed by atoms with Crippen LogP contribution in [0.5, 0.6) is 0 Å². The van der Waals surface area contributed by atoms with Gasteiger partial charge in [0.2, 0.25) is 0 Å². The molecule has 0 aromatic heterocycles. The van der Waals surface area contributed by atoms with Crippen molar-refractivity contribution in [2.24, 2.45) is 22.7 Å². The molecule has 2 bridgehead atoms. The second-order valence-corrected chi connectivity index (χ2v) is 5.94. The van der Waals surface area contributed by atoms with Gasteiger partial charge in [-0.3, -0.25) is 0 Å². The lowest BCUT2D eigenvalue weighted by Gasteiger charge is -2.58. The highest BCUT2D eigenvalue weighted by molar-refractivity contribution is 5.32. The summed E-state index contributed by atoms with van der Waals surface area (Å²) in [6.45, 7) is 8.81. The van der Waals surface area contributed by atoms with E-state index in [0.717, 1.165) is 5.92 Å². The maximum absolute atomic E-state index is 9.16. The zero-order valence-corrected chi connectivity index (χ0v) is 9.59. The molecular formula is C13H19N. The lowest BCUT2D eigenvalue weighted by atomic mass is 9.46. The molecule has 3 aliphatic carbocycles. The molecule has 1 fully saturated rings. The zero-order chi connectivity index (χ0) is 10.6. The summed E-state index contributed by atoms with van der Waals surface area (Å²) in [5, 5.41) is 9.16. The Bertz CT molecular complexity index is 328. The summed E-state index contributed by atoms with van der Waals surface area (Å²) in [5.41, 5.74) is 1.58. The fourth-order valence-electron chi connectivity index (χ4n) is 3.11. The van der Waals surface area contributed by atoms with E-state index in [1.807, 2.05) is 13.8 Å². The van der Waals surface area contributed by atoms with E-state index in [1.165, 1.54) is 18.4 Å². The Hall–Kier alpha value is -0.770. The SMILES string of the molecule is CC(C)(C#N)C1=CC[C@H]2C[C@@H]1C2(C)C. The van der Waals surface area contributed by atoms with Crippen molar-refractivity contribution in [2.75, 3.05) is 0 Å². The van der Waals surface area contributed by atoms with E-state index in [-0.39, 0.29) is 5.41 Å². The van der Waals surface area contributed by atoms with E-state index in [4.69, 9.17) is 5.26 Å². The Morgan fingerprint density at radius 2 is 2.14 bits per heavy atom. The largest absolute Gasteiger partial charge is 0.197 e. The predicted molar refractivity (Wildman–Crippen MR) is 57.5 cm³/mol. The van der Waals surface area contributed by atoms with Crippen molar-refractivity contribution in [2.45, 2.75) is 40.5 Å². The lowest BCUT2D eigenvalue weighted by Crippen LogP contribution is -2.50. The van der Waals surface area contributed by atoms with Gasteiger partial charge in [0.15, 0.2) is 0 Å². The van der Waals surface area contributed by atoms with Crippen molar-refractivity contribution < 1.29 is 0 Å². The molecule has 0 amide bonds. The average Bonchev–Trinajstić information content (AvgIpc) is 2.17. The van der Waals surface area contributed by atoms with Crippen LogP contribution in [0.4, 0.5) is 0 Å². The highest BCUT2D eigenvalue weighted by Gasteiger charge is 2.53. The quantitative estimate of drug-likeness (QED) is 0.579. The van der Waals surface area contributed by atoms with Crippen LogP contribution in [0.2, 0.25) is 0 Å². The van der Waals surface area contributed by atoms with Gasteiger partial charge >= 0.3 is 0 Å². The number of hydrogen-bond acceptors (Lipinski definition) is 1. The number of hydrogen-bond donors (Lipinski definition) is 0. The van der Waals surface area contributed by atoms with Crippen LogP contribution in [-0.2, 0) is 0 Å². The minimum Gasteiger partial charge on any atom is -0.197 e. The van der Waals surface area contributed by atoms with Gasteiger partial charge in [0.25, 0.3) is 0 Å². The normalized spacial score (nSPS) is 34.1. The van der Waals surface area contributed by atoms with Crippen LogP contribution in [0.25, 0.3) is 0 Å². The van der Waals surface area contributed by atoms with Gasteiger partial charge < -0.3 is 0 Å². The molecular weight excluding hydrogens is 170 g/mol. The van der Waals surface area contributed by atoms with Gasteiger partial charge in [-0.1, -0.05) is 25.5 Å². The molecule has 0 N–H and O–H groups in total. The molecule has 0 aromatic carbocycles. The molecule has 1 nitrogen and oxygen atoms in total. The third-order valence-corrected chi connectivity index (χ3v) is 4.47. The average molecular weight is 189 g/mol. The third-order valence-electron chi connectivity index (χ3n) is 4.47. The summed E-state index contributed by atoms with van der Waals surface area (Å²) in [6, 6.07) is 2.44. The molecule has 14 heavy (non-hydrogen) atoms. The van der Waals surface area contributed by atoms with Crippen LogP contribution in [0, 0.1) is 34.0 Å². The molecule has 0 unspecified atom stereocenters. The maximum atomic E-state index is 9.16. The van der Waals surface area contributed by atoms with E-state index in [0.29, 0.717) is 11.3 Å². The Morgan fingerprint density at radius 3 is 2.57 bits per heavy atom. The summed E-state index contributed by atoms with van der Waals surface area (Å²) in [5.74, 6) is 1.53. The fraction of sp³-hybridized carbons (Fsp3) is 0.769. The summed E-state index contributed by atoms with van der Waals surface area (Å²) >= 11 is 0. The van der Waals surface area contributed by atoms with Gasteiger partial charge in [0.05, 0.1) is 11.5 Å². The molecule has 1 heteroatoms. The molecule has 0 spiro atoms. The predicted octanol–water partition coefficient (Wildman–Crippen LogP) is 3.53. The number of rotatable bonds is 1. The third kappa shape index (κ3) is 1.06. The Balaban J connectivity index is 2.32. The van der Waals surface area contributed by atoms with Gasteiger partial charge in [-0.25, -0.2) is 0 Å². The smallest absolute Gasteiger partial charge is 0.0729 e. The first-order valence-corrected chi connectivity index (χ1v) is 5.51. The maximum Gasteiger partial charge on any atom is 0.0729 e. The first-order valence-electron chi connectivity index (χ1n) is 5.51. The Labute approximate surface area is 86.8 Å². The van der Waals surface area contributed by atoms with E-state index in [9.17, 15) is 0 Å². The monoisotopic (exact) mass is 189 g/mol. The van der Waals surface area contributed by atoms with Crippen molar-refractivity contribution in [3.8, 4) is 6.07 Å². The topological polar surface area (TPSA) is 23.8 Å². The minimum atomic E-state index is -0.257. The van der Waals surface area contributed by atoms with Gasteiger partial charge in [-0.05, 0) is 43.9 Å². The highest BCUT2D eigenvalue weighted by atomic mass is 14.6. The summed E-state index contributed by atoms with van der Waals surface area (Å²) in [7, 11) is 0. The van der Waals surface area contributed by atoms with E-state index < -0.39 is 0 Å². The van der Waals surface area contributed by atoms with Crippen LogP contribution < -0.4 is 0 Å². The van der Waals surface area contributed by atoms with Gasteiger partial charge in [-0.2, -0.15) is 5.26 Å². The highest BCUT2D eigenvalue weighted by Crippen LogP contribution is 2.62. The van der Waals surface area contributed by atoms with Crippen LogP contribution in [0.3, 0.4) is 0 Å². The first-order chi connectivity index (χ1) is 6.39. The summed E-state index contributed by atoms with van der Waals surface area (Å²) in [4.78, 5) is 0. The molecule has 1 saturated carbocycles. The molecule has 0 heterocycles. The molecule has 0 aromatic rings. The number of fused-ring (bicyclic) bond motifs is 1. The van der Waals surface area contributed by atoms with Crippen molar-refractivity contribution in [1.82, 2.24) is 0 Å². The van der Waals surface area contributed by atoms with Gasteiger partial charge in [-0.15, -0.1) is 0 Å². The van der Waals surface area contributed by atoms with Crippen molar-refractivity contribution in [1.29, 1.82) is 5.26 Å². The van der Waals surface area contributed by atoms with Crippen LogP contribution in [0.1, 0.15) is 40.5 Å². The first kappa shape index (κ1) is 9.77. The summed E-state index contributed by atoms with van der Waals surface area (Å²) < 4.78 is 0. The molecule has 3 aliphatic rings. The second-order valence-electron chi connectivity index (χ2n) is 5.94. The lowest BCUT2D eigenvalue weighted by molar-refractivity contribution is -0.0152. The number of allylic oxidation sites excluding steroid dienone is 2. The van der Waals surface area contributed by atoms with Crippen LogP contribution in [0.15, 0.2) is 11.6 Å². The molecule has 3 rings (SSSR count). The molecule has 76 valence electrons. The standard InChI is InChI=1S/C13H19N/c1-12(2,8-14)10-6-5-9-7-11(10)13(9,3)4/h6,9,11H,5,7H2,1-4H3/t9-,11-/m0/s1. The number of nitriles is 1. The van der Waals surface area contributed by atoms with Crippen molar-refractivity contribution in [3.63, 3.8) is 0 Å². The van der Waals surface area contributed by atoms with Crippen LogP contribution >= 0.6 is 0 Å². The molecule has 0 saturated heterocycles. The zero-order valence-electron chi connectivity index (χ0n) is 9.59. The van der Waals surface area contributed by atoms with E-state index in [1.54, 1.807) is 0 Å². The second kappa shape index (κ2) is 2.63. The number of nitrogens with zero attached hydrogens (tertiary/aromatic N) is 1. The molecule has 2 atom stereocenters. The molecule has 0 aliphatic heterocycles. The molecule has 0 radical (unpaired) electrons. The van der Waals surface area contributed by atoms with Crippen molar-refractivity contribution in [3.05, 3.63) is 11.6 Å².